The van der Waals surface area contributed by atoms with Gasteiger partial charge in [-0.25, -0.2) is 4.98 Å². The molecule has 23 heavy (non-hydrogen) atoms. The van der Waals surface area contributed by atoms with Crippen molar-refractivity contribution in [3.63, 3.8) is 0 Å². The smallest absolute Gasteiger partial charge is 0.356 e. The van der Waals surface area contributed by atoms with Crippen LogP contribution in [0.2, 0.25) is 0 Å². The first-order valence-electron chi connectivity index (χ1n) is 6.85. The quantitative estimate of drug-likeness (QED) is 0.647. The predicted octanol–water partition coefficient (Wildman–Crippen LogP) is 2.46. The summed E-state index contributed by atoms with van der Waals surface area (Å²) in [6.45, 7) is 0.947. The van der Waals surface area contributed by atoms with E-state index in [9.17, 15) is 13.2 Å². The molecule has 0 unspecified atom stereocenters. The van der Waals surface area contributed by atoms with E-state index in [0.29, 0.717) is 30.5 Å². The first-order chi connectivity index (χ1) is 11.0. The van der Waals surface area contributed by atoms with E-state index in [1.807, 2.05) is 18.2 Å². The summed E-state index contributed by atoms with van der Waals surface area (Å²) < 4.78 is 37.4. The monoisotopic (exact) mass is 343 g/mol. The molecular weight excluding hydrogens is 327 g/mol. The van der Waals surface area contributed by atoms with Gasteiger partial charge in [0.05, 0.1) is 17.2 Å². The highest BCUT2D eigenvalue weighted by molar-refractivity contribution is 7.09. The van der Waals surface area contributed by atoms with Crippen molar-refractivity contribution in [2.75, 3.05) is 13.6 Å². The average Bonchev–Trinajstić information content (AvgIpc) is 3.01. The number of thiazole rings is 1. The molecule has 0 fully saturated rings. The number of hydrogen-bond donors (Lipinski definition) is 2. The molecule has 0 saturated heterocycles. The van der Waals surface area contributed by atoms with E-state index in [4.69, 9.17) is 0 Å². The molecular formula is C14H16F3N5S. The summed E-state index contributed by atoms with van der Waals surface area (Å²) in [5, 5.41) is 7.58. The molecule has 0 spiro atoms. The molecule has 2 aromatic heterocycles. The molecule has 0 aromatic carbocycles. The summed E-state index contributed by atoms with van der Waals surface area (Å²) >= 11 is 1.00. The van der Waals surface area contributed by atoms with E-state index in [1.165, 1.54) is 0 Å². The second kappa shape index (κ2) is 7.91. The lowest BCUT2D eigenvalue weighted by Gasteiger charge is -2.10. The highest BCUT2D eigenvalue weighted by Gasteiger charge is 2.33. The molecule has 0 atom stereocenters. The lowest BCUT2D eigenvalue weighted by Crippen LogP contribution is -2.38. The van der Waals surface area contributed by atoms with E-state index < -0.39 is 11.9 Å². The Morgan fingerprint density at radius 3 is 2.74 bits per heavy atom. The van der Waals surface area contributed by atoms with Crippen molar-refractivity contribution in [3.05, 3.63) is 46.2 Å². The molecule has 124 valence electrons. The maximum Gasteiger partial charge on any atom is 0.434 e. The third-order valence-electron chi connectivity index (χ3n) is 2.86. The van der Waals surface area contributed by atoms with Gasteiger partial charge in [0, 0.05) is 31.6 Å². The molecule has 5 nitrogen and oxygen atoms in total. The number of halogens is 3. The maximum atomic E-state index is 12.5. The molecule has 0 radical (unpaired) electrons. The Morgan fingerprint density at radius 2 is 2.13 bits per heavy atom. The Hall–Kier alpha value is -2.16. The number of aliphatic imine (C=N–C) groups is 1. The molecule has 0 bridgehead atoms. The molecule has 9 heteroatoms. The Morgan fingerprint density at radius 1 is 1.30 bits per heavy atom. The molecule has 0 saturated carbocycles. The van der Waals surface area contributed by atoms with Gasteiger partial charge in [-0.15, -0.1) is 11.3 Å². The van der Waals surface area contributed by atoms with Crippen molar-refractivity contribution in [2.45, 2.75) is 19.1 Å². The largest absolute Gasteiger partial charge is 0.434 e. The number of guanidine groups is 1. The second-order valence-electron chi connectivity index (χ2n) is 4.55. The minimum absolute atomic E-state index is 0.394. The fraction of sp³-hybridized carbons (Fsp3) is 0.357. The third kappa shape index (κ3) is 5.51. The van der Waals surface area contributed by atoms with Crippen molar-refractivity contribution in [3.8, 4) is 0 Å². The van der Waals surface area contributed by atoms with Crippen molar-refractivity contribution < 1.29 is 13.2 Å². The maximum absolute atomic E-state index is 12.5. The fourth-order valence-corrected chi connectivity index (χ4v) is 2.55. The van der Waals surface area contributed by atoms with Crippen molar-refractivity contribution in [1.82, 2.24) is 20.6 Å². The number of hydrogen-bond acceptors (Lipinski definition) is 4. The van der Waals surface area contributed by atoms with E-state index in [2.05, 4.69) is 25.6 Å². The molecule has 0 aliphatic rings. The van der Waals surface area contributed by atoms with Crippen LogP contribution in [-0.4, -0.2) is 29.5 Å². The zero-order valence-electron chi connectivity index (χ0n) is 12.4. The van der Waals surface area contributed by atoms with Gasteiger partial charge in [-0.05, 0) is 12.1 Å². The Labute approximate surface area is 135 Å². The van der Waals surface area contributed by atoms with Crippen LogP contribution in [0, 0.1) is 0 Å². The summed E-state index contributed by atoms with van der Waals surface area (Å²) in [4.78, 5) is 11.8. The average molecular weight is 343 g/mol. The first kappa shape index (κ1) is 17.2. The van der Waals surface area contributed by atoms with E-state index in [-0.39, 0.29) is 0 Å². The van der Waals surface area contributed by atoms with Crippen LogP contribution in [0.5, 0.6) is 0 Å². The van der Waals surface area contributed by atoms with Gasteiger partial charge in [-0.3, -0.25) is 9.98 Å². The SMILES string of the molecule is CN=C(NCCc1nc(C(F)(F)F)cs1)NCc1ccccn1. The van der Waals surface area contributed by atoms with Crippen LogP contribution in [0.15, 0.2) is 34.8 Å². The van der Waals surface area contributed by atoms with Gasteiger partial charge in [0.25, 0.3) is 0 Å². The lowest BCUT2D eigenvalue weighted by atomic mass is 10.3. The highest BCUT2D eigenvalue weighted by Crippen LogP contribution is 2.29. The van der Waals surface area contributed by atoms with Gasteiger partial charge in [0.2, 0.25) is 0 Å². The number of rotatable bonds is 5. The van der Waals surface area contributed by atoms with E-state index in [1.54, 1.807) is 13.2 Å². The summed E-state index contributed by atoms with van der Waals surface area (Å²) in [5.74, 6) is 0.559. The molecule has 2 aromatic rings. The van der Waals surface area contributed by atoms with E-state index >= 15 is 0 Å². The first-order valence-corrected chi connectivity index (χ1v) is 7.73. The number of nitrogens with one attached hydrogen (secondary N) is 2. The fourth-order valence-electron chi connectivity index (χ4n) is 1.74. The zero-order chi connectivity index (χ0) is 16.7. The van der Waals surface area contributed by atoms with Crippen LogP contribution in [-0.2, 0) is 19.1 Å². The van der Waals surface area contributed by atoms with Crippen LogP contribution in [0.4, 0.5) is 13.2 Å². The second-order valence-corrected chi connectivity index (χ2v) is 5.49. The topological polar surface area (TPSA) is 62.2 Å². The highest BCUT2D eigenvalue weighted by atomic mass is 32.1. The van der Waals surface area contributed by atoms with Gasteiger partial charge < -0.3 is 10.6 Å². The molecule has 0 aliphatic carbocycles. The summed E-state index contributed by atoms with van der Waals surface area (Å²) in [5.41, 5.74) is 0.0281. The number of aromatic nitrogens is 2. The van der Waals surface area contributed by atoms with Gasteiger partial charge in [0.15, 0.2) is 11.7 Å². The number of pyridine rings is 1. The zero-order valence-corrected chi connectivity index (χ0v) is 13.2. The molecule has 2 heterocycles. The molecule has 2 rings (SSSR count). The summed E-state index contributed by atoms with van der Waals surface area (Å²) in [7, 11) is 1.62. The van der Waals surface area contributed by atoms with Crippen molar-refractivity contribution in [2.24, 2.45) is 4.99 Å². The molecule has 0 aliphatic heterocycles. The van der Waals surface area contributed by atoms with Gasteiger partial charge in [-0.1, -0.05) is 6.07 Å². The van der Waals surface area contributed by atoms with Crippen LogP contribution >= 0.6 is 11.3 Å². The van der Waals surface area contributed by atoms with Gasteiger partial charge in [-0.2, -0.15) is 13.2 Å². The Balaban J connectivity index is 1.77. The lowest BCUT2D eigenvalue weighted by molar-refractivity contribution is -0.140. The number of alkyl halides is 3. The minimum atomic E-state index is -4.39. The molecule has 0 amide bonds. The molecule has 2 N–H and O–H groups in total. The number of nitrogens with zero attached hydrogens (tertiary/aromatic N) is 3. The normalized spacial score (nSPS) is 12.3. The van der Waals surface area contributed by atoms with Crippen LogP contribution in [0.1, 0.15) is 16.4 Å². The van der Waals surface area contributed by atoms with Crippen LogP contribution < -0.4 is 10.6 Å². The van der Waals surface area contributed by atoms with Gasteiger partial charge >= 0.3 is 6.18 Å². The Kier molecular flexibility index (Phi) is 5.91. The third-order valence-corrected chi connectivity index (χ3v) is 3.77. The van der Waals surface area contributed by atoms with Crippen molar-refractivity contribution >= 4 is 17.3 Å². The minimum Gasteiger partial charge on any atom is -0.356 e. The summed E-state index contributed by atoms with van der Waals surface area (Å²) in [6.07, 6.45) is -2.29. The van der Waals surface area contributed by atoms with Crippen LogP contribution in [0.25, 0.3) is 0 Å². The van der Waals surface area contributed by atoms with Crippen LogP contribution in [0.3, 0.4) is 0 Å². The van der Waals surface area contributed by atoms with Gasteiger partial charge in [0.1, 0.15) is 0 Å². The van der Waals surface area contributed by atoms with E-state index in [0.717, 1.165) is 22.4 Å². The standard InChI is InChI=1S/C14H16F3N5S/c1-18-13(21-8-10-4-2-3-6-19-10)20-7-5-12-22-11(9-23-12)14(15,16)17/h2-4,6,9H,5,7-8H2,1H3,(H2,18,20,21). The predicted molar refractivity (Wildman–Crippen MR) is 83.3 cm³/mol. The Bertz CT molecular complexity index is 639. The van der Waals surface area contributed by atoms with Crippen molar-refractivity contribution in [1.29, 1.82) is 0 Å². The summed E-state index contributed by atoms with van der Waals surface area (Å²) in [6, 6.07) is 5.61.